The summed E-state index contributed by atoms with van der Waals surface area (Å²) in [5, 5.41) is 21.2. The lowest BCUT2D eigenvalue weighted by Gasteiger charge is -2.07. The van der Waals surface area contributed by atoms with Crippen molar-refractivity contribution in [1.29, 1.82) is 5.26 Å². The lowest BCUT2D eigenvalue weighted by Crippen LogP contribution is -2.05. The highest BCUT2D eigenvalue weighted by Gasteiger charge is 2.04. The third kappa shape index (κ3) is 2.74. The van der Waals surface area contributed by atoms with Crippen LogP contribution in [0, 0.1) is 18.3 Å². The summed E-state index contributed by atoms with van der Waals surface area (Å²) in [5.41, 5.74) is 1.41. The van der Waals surface area contributed by atoms with Gasteiger partial charge in [-0.25, -0.2) is 9.97 Å². The molecule has 0 unspecified atom stereocenters. The zero-order chi connectivity index (χ0) is 13.0. The largest absolute Gasteiger partial charge is 0.508 e. The molecule has 0 aliphatic rings. The molecule has 2 rings (SSSR count). The molecule has 18 heavy (non-hydrogen) atoms. The Morgan fingerprint density at radius 1 is 1.33 bits per heavy atom. The standard InChI is InChI=1S/C13H12N4O/c1-9-15-8-11(6-14)13(17-9)16-7-10-2-4-12(18)5-3-10/h2-5,8,18H,7H2,1H3,(H,15,16,17). The van der Waals surface area contributed by atoms with Crippen LogP contribution in [0.1, 0.15) is 17.0 Å². The van der Waals surface area contributed by atoms with Gasteiger partial charge in [0.2, 0.25) is 0 Å². The number of anilines is 1. The second-order valence-electron chi connectivity index (χ2n) is 3.81. The number of aryl methyl sites for hydroxylation is 1. The van der Waals surface area contributed by atoms with Gasteiger partial charge in [-0.2, -0.15) is 5.26 Å². The molecule has 0 spiro atoms. The van der Waals surface area contributed by atoms with E-state index in [2.05, 4.69) is 15.3 Å². The summed E-state index contributed by atoms with van der Waals surface area (Å²) in [6.45, 7) is 2.30. The van der Waals surface area contributed by atoms with Crippen molar-refractivity contribution in [3.05, 3.63) is 47.4 Å². The van der Waals surface area contributed by atoms with Crippen LogP contribution >= 0.6 is 0 Å². The van der Waals surface area contributed by atoms with Gasteiger partial charge in [0.05, 0.1) is 6.20 Å². The molecule has 0 aliphatic carbocycles. The highest BCUT2D eigenvalue weighted by molar-refractivity contribution is 5.50. The van der Waals surface area contributed by atoms with E-state index in [-0.39, 0.29) is 5.75 Å². The maximum absolute atomic E-state index is 9.18. The Balaban J connectivity index is 2.13. The highest BCUT2D eigenvalue weighted by atomic mass is 16.3. The molecule has 0 atom stereocenters. The average Bonchev–Trinajstić information content (AvgIpc) is 2.38. The van der Waals surface area contributed by atoms with E-state index in [0.717, 1.165) is 5.56 Å². The first-order chi connectivity index (χ1) is 8.69. The second kappa shape index (κ2) is 5.15. The summed E-state index contributed by atoms with van der Waals surface area (Å²) < 4.78 is 0. The first-order valence-corrected chi connectivity index (χ1v) is 5.44. The monoisotopic (exact) mass is 240 g/mol. The minimum Gasteiger partial charge on any atom is -0.508 e. The van der Waals surface area contributed by atoms with E-state index in [1.807, 2.05) is 18.2 Å². The quantitative estimate of drug-likeness (QED) is 0.857. The number of hydrogen-bond acceptors (Lipinski definition) is 5. The van der Waals surface area contributed by atoms with Crippen molar-refractivity contribution in [2.24, 2.45) is 0 Å². The van der Waals surface area contributed by atoms with Gasteiger partial charge in [-0.05, 0) is 24.6 Å². The number of rotatable bonds is 3. The minimum absolute atomic E-state index is 0.231. The molecule has 1 aromatic heterocycles. The molecule has 0 bridgehead atoms. The fourth-order valence-electron chi connectivity index (χ4n) is 1.49. The summed E-state index contributed by atoms with van der Waals surface area (Å²) in [5.74, 6) is 1.37. The molecular formula is C13H12N4O. The molecule has 5 heteroatoms. The van der Waals surface area contributed by atoms with E-state index < -0.39 is 0 Å². The normalized spacial score (nSPS) is 9.78. The van der Waals surface area contributed by atoms with E-state index >= 15 is 0 Å². The number of nitrogens with zero attached hydrogens (tertiary/aromatic N) is 3. The predicted octanol–water partition coefficient (Wildman–Crippen LogP) is 1.97. The number of benzene rings is 1. The summed E-state index contributed by atoms with van der Waals surface area (Å²) >= 11 is 0. The Morgan fingerprint density at radius 3 is 2.72 bits per heavy atom. The number of aromatic hydroxyl groups is 1. The zero-order valence-electron chi connectivity index (χ0n) is 9.88. The van der Waals surface area contributed by atoms with E-state index in [1.165, 1.54) is 6.20 Å². The van der Waals surface area contributed by atoms with Gasteiger partial charge in [0.15, 0.2) is 0 Å². The van der Waals surface area contributed by atoms with Crippen molar-refractivity contribution in [2.45, 2.75) is 13.5 Å². The van der Waals surface area contributed by atoms with E-state index in [9.17, 15) is 5.11 Å². The molecule has 0 fully saturated rings. The van der Waals surface area contributed by atoms with Gasteiger partial charge >= 0.3 is 0 Å². The average molecular weight is 240 g/mol. The minimum atomic E-state index is 0.231. The molecule has 0 saturated carbocycles. The summed E-state index contributed by atoms with van der Waals surface area (Å²) in [6.07, 6.45) is 1.50. The smallest absolute Gasteiger partial charge is 0.147 e. The van der Waals surface area contributed by atoms with Gasteiger partial charge in [-0.3, -0.25) is 0 Å². The Bertz CT molecular complexity index is 587. The second-order valence-corrected chi connectivity index (χ2v) is 3.81. The van der Waals surface area contributed by atoms with Crippen molar-refractivity contribution in [3.8, 4) is 11.8 Å². The molecule has 2 aromatic rings. The molecule has 90 valence electrons. The Labute approximate surface area is 105 Å². The van der Waals surface area contributed by atoms with Crippen LogP contribution < -0.4 is 5.32 Å². The fraction of sp³-hybridized carbons (Fsp3) is 0.154. The zero-order valence-corrected chi connectivity index (χ0v) is 9.88. The highest BCUT2D eigenvalue weighted by Crippen LogP contribution is 2.14. The Hall–Kier alpha value is -2.61. The number of phenols is 1. The number of aromatic nitrogens is 2. The van der Waals surface area contributed by atoms with E-state index in [4.69, 9.17) is 5.26 Å². The molecule has 0 saturated heterocycles. The van der Waals surface area contributed by atoms with Crippen LogP contribution in [0.15, 0.2) is 30.5 Å². The Kier molecular flexibility index (Phi) is 3.39. The lowest BCUT2D eigenvalue weighted by atomic mass is 10.2. The van der Waals surface area contributed by atoms with Crippen molar-refractivity contribution >= 4 is 5.82 Å². The maximum atomic E-state index is 9.18. The van der Waals surface area contributed by atoms with Crippen molar-refractivity contribution in [1.82, 2.24) is 9.97 Å². The van der Waals surface area contributed by atoms with Crippen molar-refractivity contribution < 1.29 is 5.11 Å². The third-order valence-corrected chi connectivity index (χ3v) is 2.43. The van der Waals surface area contributed by atoms with Crippen LogP contribution in [-0.2, 0) is 6.54 Å². The first kappa shape index (κ1) is 11.9. The number of hydrogen-bond donors (Lipinski definition) is 2. The molecule has 0 amide bonds. The third-order valence-electron chi connectivity index (χ3n) is 2.43. The van der Waals surface area contributed by atoms with Gasteiger partial charge in [-0.15, -0.1) is 0 Å². The summed E-state index contributed by atoms with van der Waals surface area (Å²) in [6, 6.07) is 8.89. The van der Waals surface area contributed by atoms with Crippen molar-refractivity contribution in [2.75, 3.05) is 5.32 Å². The van der Waals surface area contributed by atoms with Gasteiger partial charge in [-0.1, -0.05) is 12.1 Å². The number of nitrogens with one attached hydrogen (secondary N) is 1. The predicted molar refractivity (Wildman–Crippen MR) is 66.9 cm³/mol. The molecule has 5 nitrogen and oxygen atoms in total. The van der Waals surface area contributed by atoms with Crippen LogP contribution in [0.25, 0.3) is 0 Å². The topological polar surface area (TPSA) is 81.8 Å². The summed E-state index contributed by atoms with van der Waals surface area (Å²) in [4.78, 5) is 8.15. The molecule has 1 heterocycles. The van der Waals surface area contributed by atoms with Gasteiger partial charge in [0.1, 0.15) is 29.0 Å². The number of phenolic OH excluding ortho intramolecular Hbond substituents is 1. The van der Waals surface area contributed by atoms with Gasteiger partial charge in [0.25, 0.3) is 0 Å². The molecule has 0 aliphatic heterocycles. The van der Waals surface area contributed by atoms with E-state index in [0.29, 0.717) is 23.8 Å². The molecule has 2 N–H and O–H groups in total. The van der Waals surface area contributed by atoms with Gasteiger partial charge < -0.3 is 10.4 Å². The number of nitriles is 1. The van der Waals surface area contributed by atoms with E-state index in [1.54, 1.807) is 19.1 Å². The first-order valence-electron chi connectivity index (χ1n) is 5.44. The van der Waals surface area contributed by atoms with Gasteiger partial charge in [0, 0.05) is 6.54 Å². The molecular weight excluding hydrogens is 228 g/mol. The fourth-order valence-corrected chi connectivity index (χ4v) is 1.49. The van der Waals surface area contributed by atoms with Crippen LogP contribution in [0.3, 0.4) is 0 Å². The molecule has 0 radical (unpaired) electrons. The molecule has 1 aromatic carbocycles. The summed E-state index contributed by atoms with van der Waals surface area (Å²) in [7, 11) is 0. The SMILES string of the molecule is Cc1ncc(C#N)c(NCc2ccc(O)cc2)n1. The van der Waals surface area contributed by atoms with Crippen LogP contribution in [-0.4, -0.2) is 15.1 Å². The maximum Gasteiger partial charge on any atom is 0.147 e. The van der Waals surface area contributed by atoms with Crippen LogP contribution in [0.2, 0.25) is 0 Å². The van der Waals surface area contributed by atoms with Crippen LogP contribution in [0.5, 0.6) is 5.75 Å². The van der Waals surface area contributed by atoms with Crippen molar-refractivity contribution in [3.63, 3.8) is 0 Å². The van der Waals surface area contributed by atoms with Crippen LogP contribution in [0.4, 0.5) is 5.82 Å². The Morgan fingerprint density at radius 2 is 2.06 bits per heavy atom. The lowest BCUT2D eigenvalue weighted by molar-refractivity contribution is 0.475.